The van der Waals surface area contributed by atoms with Gasteiger partial charge >= 0.3 is 0 Å². The summed E-state index contributed by atoms with van der Waals surface area (Å²) in [6, 6.07) is 7.46. The molecule has 0 aliphatic rings. The van der Waals surface area contributed by atoms with Crippen LogP contribution in [0.4, 0.5) is 11.4 Å². The zero-order valence-corrected chi connectivity index (χ0v) is 8.93. The van der Waals surface area contributed by atoms with Gasteiger partial charge in [-0.05, 0) is 31.2 Å². The minimum Gasteiger partial charge on any atom is -0.399 e. The third kappa shape index (κ3) is 3.42. The Morgan fingerprint density at radius 1 is 1.33 bits per heavy atom. The number of nitrogens with zero attached hydrogens (tertiary/aromatic N) is 1. The third-order valence-electron chi connectivity index (χ3n) is 2.28. The number of nitrogen functional groups attached to an aromatic ring is 1. The Hall–Kier alpha value is -1.26. The molecule has 0 aliphatic carbocycles. The van der Waals surface area contributed by atoms with Crippen LogP contribution in [0.25, 0.3) is 0 Å². The van der Waals surface area contributed by atoms with Crippen molar-refractivity contribution in [3.8, 4) is 0 Å². The van der Waals surface area contributed by atoms with E-state index in [1.54, 1.807) is 0 Å². The molecule has 0 aromatic heterocycles. The summed E-state index contributed by atoms with van der Waals surface area (Å²) in [5, 5.41) is 18.1. The average molecular weight is 210 g/mol. The zero-order valence-electron chi connectivity index (χ0n) is 8.93. The van der Waals surface area contributed by atoms with Gasteiger partial charge in [-0.2, -0.15) is 0 Å². The van der Waals surface area contributed by atoms with Crippen molar-refractivity contribution in [2.75, 3.05) is 30.3 Å². The summed E-state index contributed by atoms with van der Waals surface area (Å²) in [7, 11) is 0. The van der Waals surface area contributed by atoms with Crippen molar-refractivity contribution < 1.29 is 10.2 Å². The minimum atomic E-state index is -0.706. The number of aliphatic hydroxyl groups excluding tert-OH is 2. The first kappa shape index (κ1) is 11.8. The first-order valence-electron chi connectivity index (χ1n) is 5.06. The molecule has 4 N–H and O–H groups in total. The van der Waals surface area contributed by atoms with E-state index in [-0.39, 0.29) is 6.61 Å². The van der Waals surface area contributed by atoms with Gasteiger partial charge in [-0.25, -0.2) is 0 Å². The van der Waals surface area contributed by atoms with Crippen LogP contribution in [-0.4, -0.2) is 36.0 Å². The highest BCUT2D eigenvalue weighted by atomic mass is 16.3. The second-order valence-corrected chi connectivity index (χ2v) is 3.47. The fraction of sp³-hybridized carbons (Fsp3) is 0.455. The van der Waals surface area contributed by atoms with Gasteiger partial charge in [0.05, 0.1) is 12.7 Å². The summed E-state index contributed by atoms with van der Waals surface area (Å²) < 4.78 is 0. The lowest BCUT2D eigenvalue weighted by molar-refractivity contribution is 0.100. The number of hydrogen-bond acceptors (Lipinski definition) is 4. The van der Waals surface area contributed by atoms with Gasteiger partial charge in [0.1, 0.15) is 0 Å². The van der Waals surface area contributed by atoms with Crippen molar-refractivity contribution in [1.29, 1.82) is 0 Å². The predicted octanol–water partition coefficient (Wildman–Crippen LogP) is 0.448. The van der Waals surface area contributed by atoms with Gasteiger partial charge in [-0.1, -0.05) is 0 Å². The van der Waals surface area contributed by atoms with Crippen molar-refractivity contribution in [2.24, 2.45) is 0 Å². The van der Waals surface area contributed by atoms with E-state index in [1.165, 1.54) is 0 Å². The van der Waals surface area contributed by atoms with Gasteiger partial charge < -0.3 is 20.8 Å². The van der Waals surface area contributed by atoms with E-state index < -0.39 is 6.10 Å². The van der Waals surface area contributed by atoms with E-state index in [1.807, 2.05) is 36.1 Å². The Morgan fingerprint density at radius 3 is 2.40 bits per heavy atom. The molecule has 0 saturated carbocycles. The van der Waals surface area contributed by atoms with Crippen molar-refractivity contribution >= 4 is 11.4 Å². The normalized spacial score (nSPS) is 12.5. The predicted molar refractivity (Wildman–Crippen MR) is 61.8 cm³/mol. The fourth-order valence-corrected chi connectivity index (χ4v) is 1.41. The van der Waals surface area contributed by atoms with Crippen LogP contribution in [0.2, 0.25) is 0 Å². The van der Waals surface area contributed by atoms with Crippen LogP contribution >= 0.6 is 0 Å². The second-order valence-electron chi connectivity index (χ2n) is 3.47. The van der Waals surface area contributed by atoms with Crippen molar-refractivity contribution in [3.63, 3.8) is 0 Å². The van der Waals surface area contributed by atoms with Gasteiger partial charge in [-0.3, -0.25) is 0 Å². The maximum Gasteiger partial charge on any atom is 0.0945 e. The quantitative estimate of drug-likeness (QED) is 0.617. The molecule has 0 aliphatic heterocycles. The largest absolute Gasteiger partial charge is 0.399 e. The zero-order chi connectivity index (χ0) is 11.3. The molecule has 1 rings (SSSR count). The third-order valence-corrected chi connectivity index (χ3v) is 2.28. The number of nitrogens with two attached hydrogens (primary N) is 1. The molecule has 0 heterocycles. The van der Waals surface area contributed by atoms with Gasteiger partial charge in [0.2, 0.25) is 0 Å². The van der Waals surface area contributed by atoms with Crippen LogP contribution in [0, 0.1) is 0 Å². The summed E-state index contributed by atoms with van der Waals surface area (Å²) in [4.78, 5) is 1.99. The minimum absolute atomic E-state index is 0.217. The van der Waals surface area contributed by atoms with E-state index in [0.717, 1.165) is 17.9 Å². The highest BCUT2D eigenvalue weighted by molar-refractivity contribution is 5.53. The van der Waals surface area contributed by atoms with E-state index in [2.05, 4.69) is 0 Å². The summed E-state index contributed by atoms with van der Waals surface area (Å²) >= 11 is 0. The molecule has 1 aromatic carbocycles. The first-order chi connectivity index (χ1) is 7.17. The summed E-state index contributed by atoms with van der Waals surface area (Å²) in [6.45, 7) is 2.99. The smallest absolute Gasteiger partial charge is 0.0945 e. The molecular weight excluding hydrogens is 192 g/mol. The molecule has 0 bridgehead atoms. The highest BCUT2D eigenvalue weighted by Crippen LogP contribution is 2.16. The Morgan fingerprint density at radius 2 is 1.93 bits per heavy atom. The fourth-order valence-electron chi connectivity index (χ4n) is 1.41. The van der Waals surface area contributed by atoms with Gasteiger partial charge in [0.15, 0.2) is 0 Å². The Labute approximate surface area is 89.9 Å². The topological polar surface area (TPSA) is 69.7 Å². The summed E-state index contributed by atoms with van der Waals surface area (Å²) in [5.74, 6) is 0. The molecule has 1 unspecified atom stereocenters. The molecule has 0 amide bonds. The number of hydrogen-bond donors (Lipinski definition) is 3. The van der Waals surface area contributed by atoms with Crippen LogP contribution in [0.5, 0.6) is 0 Å². The molecular formula is C11H18N2O2. The van der Waals surface area contributed by atoms with Crippen molar-refractivity contribution in [1.82, 2.24) is 0 Å². The first-order valence-corrected chi connectivity index (χ1v) is 5.06. The summed E-state index contributed by atoms with van der Waals surface area (Å²) in [6.07, 6.45) is -0.706. The Bertz CT molecular complexity index is 287. The lowest BCUT2D eigenvalue weighted by atomic mass is 10.2. The van der Waals surface area contributed by atoms with Crippen LogP contribution in [0.3, 0.4) is 0 Å². The molecule has 0 fully saturated rings. The van der Waals surface area contributed by atoms with Gasteiger partial charge in [0, 0.05) is 24.5 Å². The molecule has 4 nitrogen and oxygen atoms in total. The van der Waals surface area contributed by atoms with Crippen LogP contribution < -0.4 is 10.6 Å². The molecule has 0 radical (unpaired) electrons. The Balaban J connectivity index is 2.69. The van der Waals surface area contributed by atoms with Crippen molar-refractivity contribution in [3.05, 3.63) is 24.3 Å². The highest BCUT2D eigenvalue weighted by Gasteiger charge is 2.09. The number of likely N-dealkylation sites (N-methyl/N-ethyl adjacent to an activating group) is 1. The lowest BCUT2D eigenvalue weighted by Crippen LogP contribution is -2.34. The number of anilines is 2. The number of aliphatic hydroxyl groups is 2. The van der Waals surface area contributed by atoms with Gasteiger partial charge in [-0.15, -0.1) is 0 Å². The lowest BCUT2D eigenvalue weighted by Gasteiger charge is -2.25. The number of benzene rings is 1. The van der Waals surface area contributed by atoms with Crippen LogP contribution in [0.15, 0.2) is 24.3 Å². The molecule has 15 heavy (non-hydrogen) atoms. The van der Waals surface area contributed by atoms with E-state index >= 15 is 0 Å². The molecule has 84 valence electrons. The van der Waals surface area contributed by atoms with E-state index in [0.29, 0.717) is 6.54 Å². The average Bonchev–Trinajstić information content (AvgIpc) is 2.27. The monoisotopic (exact) mass is 210 g/mol. The van der Waals surface area contributed by atoms with E-state index in [4.69, 9.17) is 10.8 Å². The molecule has 1 atom stereocenters. The Kier molecular flexibility index (Phi) is 4.39. The molecule has 4 heteroatoms. The van der Waals surface area contributed by atoms with Crippen LogP contribution in [-0.2, 0) is 0 Å². The maximum absolute atomic E-state index is 9.36. The molecule has 1 aromatic rings. The van der Waals surface area contributed by atoms with Gasteiger partial charge in [0.25, 0.3) is 0 Å². The van der Waals surface area contributed by atoms with Crippen molar-refractivity contribution in [2.45, 2.75) is 13.0 Å². The molecule has 0 spiro atoms. The number of rotatable bonds is 5. The maximum atomic E-state index is 9.36. The standard InChI is InChI=1S/C11H18N2O2/c1-2-13(7-11(15)8-14)10-5-3-9(12)4-6-10/h3-6,11,14-15H,2,7-8,12H2,1H3. The van der Waals surface area contributed by atoms with E-state index in [9.17, 15) is 5.11 Å². The SMILES string of the molecule is CCN(CC(O)CO)c1ccc(N)cc1. The van der Waals surface area contributed by atoms with Crippen LogP contribution in [0.1, 0.15) is 6.92 Å². The summed E-state index contributed by atoms with van der Waals surface area (Å²) in [5.41, 5.74) is 7.31. The molecule has 0 saturated heterocycles. The second kappa shape index (κ2) is 5.58.